The Morgan fingerprint density at radius 2 is 2.04 bits per heavy atom. The van der Waals surface area contributed by atoms with Gasteiger partial charge in [-0.2, -0.15) is 10.2 Å². The van der Waals surface area contributed by atoms with Crippen LogP contribution in [0.25, 0.3) is 10.8 Å². The van der Waals surface area contributed by atoms with Crippen LogP contribution in [0, 0.1) is 0 Å². The molecule has 1 aliphatic rings. The zero-order valence-electron chi connectivity index (χ0n) is 14.0. The van der Waals surface area contributed by atoms with Crippen LogP contribution in [0.3, 0.4) is 0 Å². The number of likely N-dealkylation sites (tertiary alicyclic amines) is 1. The summed E-state index contributed by atoms with van der Waals surface area (Å²) in [4.78, 5) is 27.3. The minimum Gasteiger partial charge on any atom is -0.332 e. The van der Waals surface area contributed by atoms with Crippen LogP contribution >= 0.6 is 0 Å². The molecule has 3 heterocycles. The molecule has 3 aromatic rings. The van der Waals surface area contributed by atoms with Crippen LogP contribution in [0.2, 0.25) is 0 Å². The molecule has 2 aromatic heterocycles. The number of benzene rings is 1. The maximum absolute atomic E-state index is 13.2. The van der Waals surface area contributed by atoms with E-state index < -0.39 is 0 Å². The summed E-state index contributed by atoms with van der Waals surface area (Å²) >= 11 is 0. The SMILES string of the molecule is Cn1nc(C(=O)N2CCCC2Cn2cccn2)c2ccccc2c1=O. The van der Waals surface area contributed by atoms with Crippen molar-refractivity contribution in [2.75, 3.05) is 6.54 Å². The second-order valence-corrected chi connectivity index (χ2v) is 6.35. The van der Waals surface area contributed by atoms with Gasteiger partial charge in [0.05, 0.1) is 18.0 Å². The Kier molecular flexibility index (Phi) is 3.83. The molecule has 0 radical (unpaired) electrons. The summed E-state index contributed by atoms with van der Waals surface area (Å²) in [7, 11) is 1.58. The van der Waals surface area contributed by atoms with Crippen LogP contribution in [0.15, 0.2) is 47.5 Å². The maximum atomic E-state index is 13.2. The van der Waals surface area contributed by atoms with Gasteiger partial charge in [0.15, 0.2) is 5.69 Å². The number of hydrogen-bond acceptors (Lipinski definition) is 4. The highest BCUT2D eigenvalue weighted by atomic mass is 16.2. The van der Waals surface area contributed by atoms with Gasteiger partial charge in [-0.15, -0.1) is 0 Å². The first-order valence-corrected chi connectivity index (χ1v) is 8.39. The van der Waals surface area contributed by atoms with E-state index >= 15 is 0 Å². The molecule has 1 amide bonds. The zero-order chi connectivity index (χ0) is 17.4. The van der Waals surface area contributed by atoms with Gasteiger partial charge < -0.3 is 4.90 Å². The van der Waals surface area contributed by atoms with Crippen LogP contribution < -0.4 is 5.56 Å². The third-order valence-corrected chi connectivity index (χ3v) is 4.75. The van der Waals surface area contributed by atoms with E-state index in [-0.39, 0.29) is 17.5 Å². The number of carbonyl (C=O) groups excluding carboxylic acids is 1. The molecule has 1 atom stereocenters. The number of carbonyl (C=O) groups is 1. The second-order valence-electron chi connectivity index (χ2n) is 6.35. The maximum Gasteiger partial charge on any atom is 0.275 e. The van der Waals surface area contributed by atoms with E-state index in [0.29, 0.717) is 29.6 Å². The third kappa shape index (κ3) is 2.71. The largest absolute Gasteiger partial charge is 0.332 e. The first-order valence-electron chi connectivity index (χ1n) is 8.39. The topological polar surface area (TPSA) is 73.0 Å². The van der Waals surface area contributed by atoms with Crippen molar-refractivity contribution in [1.82, 2.24) is 24.5 Å². The van der Waals surface area contributed by atoms with E-state index in [1.54, 1.807) is 31.4 Å². The molecule has 0 aliphatic carbocycles. The molecule has 0 bridgehead atoms. The first-order chi connectivity index (χ1) is 12.1. The van der Waals surface area contributed by atoms with Crippen LogP contribution in [-0.2, 0) is 13.6 Å². The van der Waals surface area contributed by atoms with Crippen molar-refractivity contribution >= 4 is 16.7 Å². The van der Waals surface area contributed by atoms with E-state index in [1.807, 2.05) is 27.9 Å². The Balaban J connectivity index is 1.72. The van der Waals surface area contributed by atoms with Gasteiger partial charge in [-0.1, -0.05) is 18.2 Å². The Morgan fingerprint density at radius 3 is 2.80 bits per heavy atom. The molecule has 7 heteroatoms. The standard InChI is InChI=1S/C18H19N5O2/c1-21-17(24)15-8-3-2-7-14(15)16(20-21)18(25)23-11-4-6-13(23)12-22-10-5-9-19-22/h2-3,5,7-10,13H,4,6,11-12H2,1H3. The molecule has 4 rings (SSSR count). The fourth-order valence-electron chi connectivity index (χ4n) is 3.51. The average Bonchev–Trinajstić information content (AvgIpc) is 3.30. The highest BCUT2D eigenvalue weighted by Gasteiger charge is 2.31. The van der Waals surface area contributed by atoms with Crippen LogP contribution in [0.1, 0.15) is 23.3 Å². The van der Waals surface area contributed by atoms with Crippen molar-refractivity contribution in [2.45, 2.75) is 25.4 Å². The van der Waals surface area contributed by atoms with Gasteiger partial charge in [0, 0.05) is 31.4 Å². The molecule has 0 spiro atoms. The van der Waals surface area contributed by atoms with Gasteiger partial charge in [0.25, 0.3) is 11.5 Å². The molecule has 25 heavy (non-hydrogen) atoms. The van der Waals surface area contributed by atoms with E-state index in [0.717, 1.165) is 12.8 Å². The third-order valence-electron chi connectivity index (χ3n) is 4.75. The lowest BCUT2D eigenvalue weighted by atomic mass is 10.1. The monoisotopic (exact) mass is 337 g/mol. The van der Waals surface area contributed by atoms with Crippen molar-refractivity contribution in [1.29, 1.82) is 0 Å². The quantitative estimate of drug-likeness (QED) is 0.725. The fraction of sp³-hybridized carbons (Fsp3) is 0.333. The van der Waals surface area contributed by atoms with Crippen molar-refractivity contribution in [3.63, 3.8) is 0 Å². The Hall–Kier alpha value is -2.96. The highest BCUT2D eigenvalue weighted by molar-refractivity contribution is 6.04. The van der Waals surface area contributed by atoms with E-state index in [2.05, 4.69) is 10.2 Å². The molecule has 0 saturated carbocycles. The molecule has 128 valence electrons. The van der Waals surface area contributed by atoms with Gasteiger partial charge in [0.2, 0.25) is 0 Å². The second kappa shape index (κ2) is 6.16. The minimum atomic E-state index is -0.193. The summed E-state index contributed by atoms with van der Waals surface area (Å²) in [6, 6.07) is 9.12. The molecule has 1 unspecified atom stereocenters. The minimum absolute atomic E-state index is 0.0881. The number of aryl methyl sites for hydroxylation is 1. The molecular weight excluding hydrogens is 318 g/mol. The molecule has 1 fully saturated rings. The van der Waals surface area contributed by atoms with E-state index in [1.165, 1.54) is 4.68 Å². The summed E-state index contributed by atoms with van der Waals surface area (Å²) in [5.41, 5.74) is 0.145. The summed E-state index contributed by atoms with van der Waals surface area (Å²) in [5, 5.41) is 9.64. The molecule has 0 N–H and O–H groups in total. The summed E-state index contributed by atoms with van der Waals surface area (Å²) in [5.74, 6) is -0.124. The Bertz CT molecular complexity index is 977. The highest BCUT2D eigenvalue weighted by Crippen LogP contribution is 2.23. The van der Waals surface area contributed by atoms with Crippen LogP contribution in [0.5, 0.6) is 0 Å². The van der Waals surface area contributed by atoms with Crippen molar-refractivity contribution in [3.8, 4) is 0 Å². The van der Waals surface area contributed by atoms with Crippen LogP contribution in [-0.4, -0.2) is 43.0 Å². The molecule has 7 nitrogen and oxygen atoms in total. The number of aromatic nitrogens is 4. The first kappa shape index (κ1) is 15.6. The lowest BCUT2D eigenvalue weighted by Crippen LogP contribution is -2.39. The van der Waals surface area contributed by atoms with Gasteiger partial charge >= 0.3 is 0 Å². The average molecular weight is 337 g/mol. The Morgan fingerprint density at radius 1 is 1.24 bits per heavy atom. The summed E-state index contributed by atoms with van der Waals surface area (Å²) in [6.07, 6.45) is 5.54. The van der Waals surface area contributed by atoms with Crippen LogP contribution in [0.4, 0.5) is 0 Å². The number of nitrogens with zero attached hydrogens (tertiary/aromatic N) is 5. The fourth-order valence-corrected chi connectivity index (χ4v) is 3.51. The van der Waals surface area contributed by atoms with Gasteiger partial charge in [0.1, 0.15) is 0 Å². The molecule has 1 aromatic carbocycles. The van der Waals surface area contributed by atoms with Crippen molar-refractivity contribution in [3.05, 3.63) is 58.8 Å². The van der Waals surface area contributed by atoms with Gasteiger partial charge in [-0.25, -0.2) is 4.68 Å². The zero-order valence-corrected chi connectivity index (χ0v) is 14.0. The lowest BCUT2D eigenvalue weighted by Gasteiger charge is -2.25. The van der Waals surface area contributed by atoms with Crippen molar-refractivity contribution in [2.24, 2.45) is 7.05 Å². The normalized spacial score (nSPS) is 17.3. The van der Waals surface area contributed by atoms with E-state index in [9.17, 15) is 9.59 Å². The predicted molar refractivity (Wildman–Crippen MR) is 93.3 cm³/mol. The number of rotatable bonds is 3. The summed E-state index contributed by atoms with van der Waals surface area (Å²) in [6.45, 7) is 1.37. The van der Waals surface area contributed by atoms with E-state index in [4.69, 9.17) is 0 Å². The molecule has 1 saturated heterocycles. The number of hydrogen-bond donors (Lipinski definition) is 0. The smallest absolute Gasteiger partial charge is 0.275 e. The number of amides is 1. The lowest BCUT2D eigenvalue weighted by molar-refractivity contribution is 0.0715. The molecular formula is C18H19N5O2. The summed E-state index contributed by atoms with van der Waals surface area (Å²) < 4.78 is 3.09. The number of fused-ring (bicyclic) bond motifs is 1. The molecule has 1 aliphatic heterocycles. The predicted octanol–water partition coefficient (Wildman–Crippen LogP) is 1.43. The Labute approximate surface area is 144 Å². The van der Waals surface area contributed by atoms with Crippen molar-refractivity contribution < 1.29 is 4.79 Å². The van der Waals surface area contributed by atoms with Gasteiger partial charge in [-0.05, 0) is 25.0 Å². The van der Waals surface area contributed by atoms with Gasteiger partial charge in [-0.3, -0.25) is 14.3 Å².